The first-order valence-electron chi connectivity index (χ1n) is 6.46. The summed E-state index contributed by atoms with van der Waals surface area (Å²) in [6.45, 7) is 6.49. The molecular weight excluding hydrogens is 324 g/mol. The summed E-state index contributed by atoms with van der Waals surface area (Å²) in [6, 6.07) is 4.93. The van der Waals surface area contributed by atoms with Crippen LogP contribution in [0.5, 0.6) is 0 Å². The highest BCUT2D eigenvalue weighted by atomic mass is 79.9. The second-order valence-electron chi connectivity index (χ2n) is 4.27. The largest absolute Gasteiger partial charge is 0.449 e. The Hall–Kier alpha value is -1.56. The van der Waals surface area contributed by atoms with Gasteiger partial charge in [0.1, 0.15) is 0 Å². The van der Waals surface area contributed by atoms with E-state index in [0.717, 1.165) is 0 Å². The maximum absolute atomic E-state index is 12.1. The smallest absolute Gasteiger partial charge is 0.340 e. The minimum absolute atomic E-state index is 0.205. The first-order valence-corrected chi connectivity index (χ1v) is 7.25. The fourth-order valence-electron chi connectivity index (χ4n) is 1.77. The van der Waals surface area contributed by atoms with Gasteiger partial charge in [-0.25, -0.2) is 4.79 Å². The van der Waals surface area contributed by atoms with Gasteiger partial charge in [0.05, 0.1) is 10.0 Å². The zero-order valence-corrected chi connectivity index (χ0v) is 13.4. The fourth-order valence-corrected chi connectivity index (χ4v) is 2.20. The molecule has 0 saturated carbocycles. The molecule has 1 aromatic carbocycles. The van der Waals surface area contributed by atoms with Crippen LogP contribution in [0, 0.1) is 0 Å². The predicted molar refractivity (Wildman–Crippen MR) is 81.4 cm³/mol. The lowest BCUT2D eigenvalue weighted by molar-refractivity contribution is -0.139. The fraction of sp³-hybridized carbons (Fsp3) is 0.429. The van der Waals surface area contributed by atoms with Crippen LogP contribution < -0.4 is 5.73 Å². The summed E-state index contributed by atoms with van der Waals surface area (Å²) >= 11 is 3.24. The minimum atomic E-state index is -0.823. The zero-order valence-electron chi connectivity index (χ0n) is 11.9. The van der Waals surface area contributed by atoms with E-state index in [1.807, 2.05) is 13.8 Å². The number of benzene rings is 1. The second kappa shape index (κ2) is 7.28. The number of likely N-dealkylation sites (N-methyl/N-ethyl adjacent to an activating group) is 1. The van der Waals surface area contributed by atoms with Crippen molar-refractivity contribution in [3.8, 4) is 0 Å². The van der Waals surface area contributed by atoms with Gasteiger partial charge < -0.3 is 15.4 Å². The number of halogens is 1. The van der Waals surface area contributed by atoms with Crippen molar-refractivity contribution in [3.05, 3.63) is 28.2 Å². The number of rotatable bonds is 5. The molecule has 0 spiro atoms. The van der Waals surface area contributed by atoms with Crippen LogP contribution in [0.4, 0.5) is 5.69 Å². The molecule has 1 atom stereocenters. The Kier molecular flexibility index (Phi) is 6.01. The number of carbonyl (C=O) groups excluding carboxylic acids is 2. The quantitative estimate of drug-likeness (QED) is 0.658. The van der Waals surface area contributed by atoms with Crippen LogP contribution in [0.2, 0.25) is 0 Å². The topological polar surface area (TPSA) is 72.6 Å². The Bertz CT molecular complexity index is 501. The summed E-state index contributed by atoms with van der Waals surface area (Å²) in [4.78, 5) is 25.7. The summed E-state index contributed by atoms with van der Waals surface area (Å²) in [5.41, 5.74) is 6.47. The lowest BCUT2D eigenvalue weighted by Gasteiger charge is -2.22. The summed E-state index contributed by atoms with van der Waals surface area (Å²) in [6.07, 6.45) is -0.823. The van der Waals surface area contributed by atoms with E-state index in [9.17, 15) is 9.59 Å². The highest BCUT2D eigenvalue weighted by Crippen LogP contribution is 2.24. The predicted octanol–water partition coefficient (Wildman–Crippen LogP) is 2.44. The van der Waals surface area contributed by atoms with E-state index >= 15 is 0 Å². The second-order valence-corrected chi connectivity index (χ2v) is 5.06. The van der Waals surface area contributed by atoms with Crippen LogP contribution in [0.15, 0.2) is 22.7 Å². The summed E-state index contributed by atoms with van der Waals surface area (Å²) < 4.78 is 5.68. The van der Waals surface area contributed by atoms with E-state index in [-0.39, 0.29) is 5.91 Å². The van der Waals surface area contributed by atoms with Crippen molar-refractivity contribution in [3.63, 3.8) is 0 Å². The molecule has 1 unspecified atom stereocenters. The molecule has 1 rings (SSSR count). The molecule has 0 bridgehead atoms. The average molecular weight is 343 g/mol. The number of hydrogen-bond donors (Lipinski definition) is 1. The van der Waals surface area contributed by atoms with E-state index in [2.05, 4.69) is 15.9 Å². The number of anilines is 1. The van der Waals surface area contributed by atoms with E-state index in [1.165, 1.54) is 0 Å². The molecule has 0 aliphatic heterocycles. The van der Waals surface area contributed by atoms with Crippen molar-refractivity contribution in [2.75, 3.05) is 18.8 Å². The van der Waals surface area contributed by atoms with Crippen molar-refractivity contribution in [2.24, 2.45) is 0 Å². The zero-order chi connectivity index (χ0) is 15.3. The number of nitrogens with two attached hydrogens (primary N) is 1. The van der Waals surface area contributed by atoms with Gasteiger partial charge in [-0.15, -0.1) is 0 Å². The molecule has 6 heteroatoms. The molecule has 1 amide bonds. The standard InChI is InChI=1S/C14H19BrN2O3/c1-4-17(5-2)13(18)9(3)20-14(19)10-7-6-8-11(16)12(10)15/h6-9H,4-5,16H2,1-3H3. The highest BCUT2D eigenvalue weighted by molar-refractivity contribution is 9.10. The van der Waals surface area contributed by atoms with Gasteiger partial charge in [0.2, 0.25) is 0 Å². The van der Waals surface area contributed by atoms with Gasteiger partial charge in [-0.1, -0.05) is 6.07 Å². The Morgan fingerprint density at radius 1 is 1.35 bits per heavy atom. The Balaban J connectivity index is 2.80. The lowest BCUT2D eigenvalue weighted by atomic mass is 10.2. The molecule has 0 heterocycles. The number of carbonyl (C=O) groups is 2. The van der Waals surface area contributed by atoms with Crippen molar-refractivity contribution >= 4 is 33.5 Å². The first kappa shape index (κ1) is 16.5. The molecule has 2 N–H and O–H groups in total. The van der Waals surface area contributed by atoms with Gasteiger partial charge in [0, 0.05) is 18.8 Å². The monoisotopic (exact) mass is 342 g/mol. The van der Waals surface area contributed by atoms with E-state index in [0.29, 0.717) is 28.8 Å². The molecule has 20 heavy (non-hydrogen) atoms. The average Bonchev–Trinajstić information content (AvgIpc) is 2.42. The Morgan fingerprint density at radius 3 is 2.50 bits per heavy atom. The molecule has 0 fully saturated rings. The van der Waals surface area contributed by atoms with Crippen LogP contribution in [0.3, 0.4) is 0 Å². The van der Waals surface area contributed by atoms with Crippen molar-refractivity contribution < 1.29 is 14.3 Å². The Labute approximate surface area is 127 Å². The van der Waals surface area contributed by atoms with Crippen LogP contribution >= 0.6 is 15.9 Å². The van der Waals surface area contributed by atoms with E-state index in [4.69, 9.17) is 10.5 Å². The molecule has 0 aliphatic carbocycles. The van der Waals surface area contributed by atoms with Gasteiger partial charge in [0.25, 0.3) is 5.91 Å². The van der Waals surface area contributed by atoms with Gasteiger partial charge in [-0.3, -0.25) is 4.79 Å². The molecule has 0 aliphatic rings. The van der Waals surface area contributed by atoms with Crippen molar-refractivity contribution in [1.29, 1.82) is 0 Å². The first-order chi connectivity index (χ1) is 9.42. The van der Waals surface area contributed by atoms with Crippen LogP contribution in [-0.4, -0.2) is 36.0 Å². The van der Waals surface area contributed by atoms with Crippen molar-refractivity contribution in [2.45, 2.75) is 26.9 Å². The molecule has 0 radical (unpaired) electrons. The Morgan fingerprint density at radius 2 is 1.95 bits per heavy atom. The number of nitrogen functional groups attached to an aromatic ring is 1. The van der Waals surface area contributed by atoms with E-state index in [1.54, 1.807) is 30.0 Å². The third kappa shape index (κ3) is 3.72. The molecule has 5 nitrogen and oxygen atoms in total. The van der Waals surface area contributed by atoms with Gasteiger partial charge in [0.15, 0.2) is 6.10 Å². The van der Waals surface area contributed by atoms with Crippen LogP contribution in [0.1, 0.15) is 31.1 Å². The summed E-state index contributed by atoms with van der Waals surface area (Å²) in [7, 11) is 0. The molecule has 110 valence electrons. The molecule has 0 saturated heterocycles. The number of esters is 1. The molecule has 0 aromatic heterocycles. The minimum Gasteiger partial charge on any atom is -0.449 e. The summed E-state index contributed by atoms with van der Waals surface area (Å²) in [5.74, 6) is -0.777. The van der Waals surface area contributed by atoms with Gasteiger partial charge >= 0.3 is 5.97 Å². The van der Waals surface area contributed by atoms with Gasteiger partial charge in [-0.05, 0) is 48.8 Å². The maximum Gasteiger partial charge on any atom is 0.340 e. The lowest BCUT2D eigenvalue weighted by Crippen LogP contribution is -2.39. The highest BCUT2D eigenvalue weighted by Gasteiger charge is 2.23. The third-order valence-corrected chi connectivity index (χ3v) is 3.84. The number of nitrogens with zero attached hydrogens (tertiary/aromatic N) is 1. The number of hydrogen-bond acceptors (Lipinski definition) is 4. The number of ether oxygens (including phenoxy) is 1. The van der Waals surface area contributed by atoms with Gasteiger partial charge in [-0.2, -0.15) is 0 Å². The SMILES string of the molecule is CCN(CC)C(=O)C(C)OC(=O)c1cccc(N)c1Br. The molecule has 1 aromatic rings. The number of amides is 1. The molecular formula is C14H19BrN2O3. The normalized spacial score (nSPS) is 11.8. The summed E-state index contributed by atoms with van der Waals surface area (Å²) in [5, 5.41) is 0. The third-order valence-electron chi connectivity index (χ3n) is 2.96. The van der Waals surface area contributed by atoms with E-state index < -0.39 is 12.1 Å². The van der Waals surface area contributed by atoms with Crippen LogP contribution in [-0.2, 0) is 9.53 Å². The van der Waals surface area contributed by atoms with Crippen molar-refractivity contribution in [1.82, 2.24) is 4.90 Å². The van der Waals surface area contributed by atoms with Crippen LogP contribution in [0.25, 0.3) is 0 Å². The maximum atomic E-state index is 12.1.